The molecule has 0 fully saturated rings. The second-order valence-electron chi connectivity index (χ2n) is 5.05. The van der Waals surface area contributed by atoms with Gasteiger partial charge in [0.1, 0.15) is 5.76 Å². The van der Waals surface area contributed by atoms with Crippen LogP contribution in [-0.4, -0.2) is 24.9 Å². The molecule has 2 aromatic rings. The molecule has 3 N–H and O–H groups in total. The zero-order chi connectivity index (χ0) is 16.5. The topological polar surface area (TPSA) is 83.4 Å². The highest BCUT2D eigenvalue weighted by Gasteiger charge is 2.07. The van der Waals surface area contributed by atoms with E-state index in [-0.39, 0.29) is 18.4 Å². The molecule has 0 aliphatic heterocycles. The maximum absolute atomic E-state index is 12.1. The molecule has 1 aromatic heterocycles. The van der Waals surface area contributed by atoms with Crippen molar-refractivity contribution < 1.29 is 14.0 Å². The zero-order valence-electron chi connectivity index (χ0n) is 13.1. The molecule has 0 radical (unpaired) electrons. The third kappa shape index (κ3) is 5.50. The molecule has 0 aliphatic carbocycles. The Morgan fingerprint density at radius 2 is 2.00 bits per heavy atom. The third-order valence-electron chi connectivity index (χ3n) is 3.15. The number of anilines is 1. The Bertz CT molecular complexity index is 638. The Kier molecular flexibility index (Phi) is 6.23. The highest BCUT2D eigenvalue weighted by atomic mass is 16.3. The molecular formula is C17H21N3O3. The number of hydrogen-bond acceptors (Lipinski definition) is 4. The molecule has 23 heavy (non-hydrogen) atoms. The lowest BCUT2D eigenvalue weighted by molar-refractivity contribution is -0.119. The van der Waals surface area contributed by atoms with E-state index in [1.54, 1.807) is 36.6 Å². The van der Waals surface area contributed by atoms with Crippen molar-refractivity contribution in [2.24, 2.45) is 0 Å². The van der Waals surface area contributed by atoms with Gasteiger partial charge in [0, 0.05) is 17.8 Å². The van der Waals surface area contributed by atoms with Crippen LogP contribution < -0.4 is 16.0 Å². The van der Waals surface area contributed by atoms with Crippen LogP contribution in [0.1, 0.15) is 29.5 Å². The fourth-order valence-corrected chi connectivity index (χ4v) is 1.96. The molecule has 0 unspecified atom stereocenters. The Balaban J connectivity index is 1.85. The van der Waals surface area contributed by atoms with Gasteiger partial charge in [0.2, 0.25) is 5.91 Å². The maximum Gasteiger partial charge on any atom is 0.251 e. The molecule has 2 amide bonds. The number of benzene rings is 1. The van der Waals surface area contributed by atoms with Gasteiger partial charge in [-0.25, -0.2) is 0 Å². The molecular weight excluding hydrogens is 294 g/mol. The SMILES string of the molecule is CCCNC(=O)CNc1cccc(C(=O)NCc2ccco2)c1. The quantitative estimate of drug-likeness (QED) is 0.697. The molecule has 0 atom stereocenters. The monoisotopic (exact) mass is 315 g/mol. The molecule has 0 saturated carbocycles. The minimum atomic E-state index is -0.194. The predicted molar refractivity (Wildman–Crippen MR) is 88.1 cm³/mol. The van der Waals surface area contributed by atoms with Gasteiger partial charge < -0.3 is 20.4 Å². The minimum Gasteiger partial charge on any atom is -0.467 e. The average molecular weight is 315 g/mol. The molecule has 2 rings (SSSR count). The van der Waals surface area contributed by atoms with Crippen LogP contribution >= 0.6 is 0 Å². The molecule has 0 bridgehead atoms. The van der Waals surface area contributed by atoms with Crippen LogP contribution in [0.4, 0.5) is 5.69 Å². The summed E-state index contributed by atoms with van der Waals surface area (Å²) < 4.78 is 5.17. The van der Waals surface area contributed by atoms with Gasteiger partial charge in [-0.3, -0.25) is 9.59 Å². The lowest BCUT2D eigenvalue weighted by Crippen LogP contribution is -2.30. The maximum atomic E-state index is 12.1. The van der Waals surface area contributed by atoms with Crippen LogP contribution in [0.2, 0.25) is 0 Å². The fraction of sp³-hybridized carbons (Fsp3) is 0.294. The van der Waals surface area contributed by atoms with Gasteiger partial charge in [-0.2, -0.15) is 0 Å². The van der Waals surface area contributed by atoms with Crippen molar-refractivity contribution in [1.82, 2.24) is 10.6 Å². The molecule has 0 aliphatic rings. The van der Waals surface area contributed by atoms with E-state index in [4.69, 9.17) is 4.42 Å². The van der Waals surface area contributed by atoms with Gasteiger partial charge in [0.25, 0.3) is 5.91 Å². The van der Waals surface area contributed by atoms with E-state index in [2.05, 4.69) is 16.0 Å². The minimum absolute atomic E-state index is 0.0699. The summed E-state index contributed by atoms with van der Waals surface area (Å²) in [6, 6.07) is 10.6. The number of carbonyl (C=O) groups excluding carboxylic acids is 2. The highest BCUT2D eigenvalue weighted by molar-refractivity contribution is 5.95. The first-order valence-corrected chi connectivity index (χ1v) is 7.60. The molecule has 0 saturated heterocycles. The zero-order valence-corrected chi connectivity index (χ0v) is 13.1. The predicted octanol–water partition coefficient (Wildman–Crippen LogP) is 2.15. The largest absolute Gasteiger partial charge is 0.467 e. The summed E-state index contributed by atoms with van der Waals surface area (Å²) in [5.41, 5.74) is 1.25. The second-order valence-corrected chi connectivity index (χ2v) is 5.05. The van der Waals surface area contributed by atoms with Gasteiger partial charge in [-0.1, -0.05) is 13.0 Å². The van der Waals surface area contributed by atoms with Gasteiger partial charge in [0.05, 0.1) is 19.4 Å². The summed E-state index contributed by atoms with van der Waals surface area (Å²) in [4.78, 5) is 23.7. The van der Waals surface area contributed by atoms with Crippen LogP contribution in [0.5, 0.6) is 0 Å². The van der Waals surface area contributed by atoms with E-state index in [1.807, 2.05) is 13.0 Å². The van der Waals surface area contributed by atoms with Gasteiger partial charge in [-0.15, -0.1) is 0 Å². The molecule has 6 nitrogen and oxygen atoms in total. The summed E-state index contributed by atoms with van der Waals surface area (Å²) in [6.45, 7) is 3.18. The summed E-state index contributed by atoms with van der Waals surface area (Å²) in [5.74, 6) is 0.431. The number of hydrogen-bond donors (Lipinski definition) is 3. The lowest BCUT2D eigenvalue weighted by atomic mass is 10.2. The van der Waals surface area contributed by atoms with E-state index < -0.39 is 0 Å². The molecule has 122 valence electrons. The van der Waals surface area contributed by atoms with Gasteiger partial charge in [0.15, 0.2) is 0 Å². The molecule has 1 heterocycles. The normalized spacial score (nSPS) is 10.1. The van der Waals surface area contributed by atoms with Crippen molar-refractivity contribution in [2.75, 3.05) is 18.4 Å². The Morgan fingerprint density at radius 3 is 2.74 bits per heavy atom. The van der Waals surface area contributed by atoms with Crippen LogP contribution in [0.3, 0.4) is 0 Å². The molecule has 6 heteroatoms. The third-order valence-corrected chi connectivity index (χ3v) is 3.15. The number of rotatable bonds is 8. The highest BCUT2D eigenvalue weighted by Crippen LogP contribution is 2.10. The smallest absolute Gasteiger partial charge is 0.251 e. The first kappa shape index (κ1) is 16.6. The number of nitrogens with one attached hydrogen (secondary N) is 3. The standard InChI is InChI=1S/C17H21N3O3/c1-2-8-18-16(21)12-19-14-6-3-5-13(10-14)17(22)20-11-15-7-4-9-23-15/h3-7,9-10,19H,2,8,11-12H2,1H3,(H,18,21)(H,20,22). The van der Waals surface area contributed by atoms with E-state index in [0.29, 0.717) is 24.4 Å². The van der Waals surface area contributed by atoms with Crippen LogP contribution in [-0.2, 0) is 11.3 Å². The van der Waals surface area contributed by atoms with Gasteiger partial charge in [-0.05, 0) is 36.8 Å². The van der Waals surface area contributed by atoms with E-state index >= 15 is 0 Å². The second kappa shape index (κ2) is 8.63. The number of carbonyl (C=O) groups is 2. The van der Waals surface area contributed by atoms with Crippen molar-refractivity contribution in [2.45, 2.75) is 19.9 Å². The van der Waals surface area contributed by atoms with Crippen LogP contribution in [0.15, 0.2) is 47.1 Å². The van der Waals surface area contributed by atoms with E-state index in [0.717, 1.165) is 12.1 Å². The van der Waals surface area contributed by atoms with Crippen molar-refractivity contribution in [3.8, 4) is 0 Å². The van der Waals surface area contributed by atoms with Crippen molar-refractivity contribution in [1.29, 1.82) is 0 Å². The van der Waals surface area contributed by atoms with Crippen LogP contribution in [0.25, 0.3) is 0 Å². The molecule has 0 spiro atoms. The first-order valence-electron chi connectivity index (χ1n) is 7.60. The van der Waals surface area contributed by atoms with Crippen molar-refractivity contribution in [3.05, 3.63) is 54.0 Å². The summed E-state index contributed by atoms with van der Waals surface area (Å²) >= 11 is 0. The van der Waals surface area contributed by atoms with Crippen LogP contribution in [0, 0.1) is 0 Å². The Hall–Kier alpha value is -2.76. The average Bonchev–Trinajstić information content (AvgIpc) is 3.09. The van der Waals surface area contributed by atoms with Gasteiger partial charge >= 0.3 is 0 Å². The van der Waals surface area contributed by atoms with Crippen molar-refractivity contribution in [3.63, 3.8) is 0 Å². The first-order chi connectivity index (χ1) is 11.2. The lowest BCUT2D eigenvalue weighted by Gasteiger charge is -2.09. The summed E-state index contributed by atoms with van der Waals surface area (Å²) in [6.07, 6.45) is 2.46. The summed E-state index contributed by atoms with van der Waals surface area (Å²) in [5, 5.41) is 8.57. The number of furan rings is 1. The summed E-state index contributed by atoms with van der Waals surface area (Å²) in [7, 11) is 0. The Morgan fingerprint density at radius 1 is 1.13 bits per heavy atom. The van der Waals surface area contributed by atoms with E-state index in [9.17, 15) is 9.59 Å². The number of amides is 2. The molecule has 1 aromatic carbocycles. The van der Waals surface area contributed by atoms with E-state index in [1.165, 1.54) is 0 Å². The Labute approximate surface area is 135 Å². The fourth-order valence-electron chi connectivity index (χ4n) is 1.96. The van der Waals surface area contributed by atoms with Crippen molar-refractivity contribution >= 4 is 17.5 Å².